The van der Waals surface area contributed by atoms with E-state index in [-0.39, 0.29) is 12.4 Å². The molecular formula is C21H31ClN2O2. The smallest absolute Gasteiger partial charge is 0.226 e. The third-order valence-electron chi connectivity index (χ3n) is 6.71. The average molecular weight is 379 g/mol. The van der Waals surface area contributed by atoms with Gasteiger partial charge < -0.3 is 15.0 Å². The Bertz CT molecular complexity index is 622. The van der Waals surface area contributed by atoms with Crippen LogP contribution in [-0.4, -0.2) is 44.1 Å². The summed E-state index contributed by atoms with van der Waals surface area (Å²) in [6, 6.07) is 8.32. The standard InChI is InChI=1S/C21H30N2O2.ClH/c1-25-19-5-3-2-4-17(19)14-16-6-12-23(13-7-16)20(24)18-15-21(18)8-10-22-11-9-21;/h2-5,16,18,22H,6-15H2,1H3;1H. The lowest BCUT2D eigenvalue weighted by molar-refractivity contribution is -0.135. The summed E-state index contributed by atoms with van der Waals surface area (Å²) < 4.78 is 5.48. The quantitative estimate of drug-likeness (QED) is 0.874. The zero-order valence-electron chi connectivity index (χ0n) is 15.7. The number of halogens is 1. The van der Waals surface area contributed by atoms with Crippen molar-refractivity contribution in [3.63, 3.8) is 0 Å². The minimum absolute atomic E-state index is 0. The van der Waals surface area contributed by atoms with Crippen LogP contribution < -0.4 is 10.1 Å². The predicted molar refractivity (Wildman–Crippen MR) is 106 cm³/mol. The number of hydrogen-bond acceptors (Lipinski definition) is 3. The fourth-order valence-corrected chi connectivity index (χ4v) is 4.93. The first kappa shape index (κ1) is 19.5. The van der Waals surface area contributed by atoms with E-state index in [9.17, 15) is 4.79 Å². The maximum Gasteiger partial charge on any atom is 0.226 e. The van der Waals surface area contributed by atoms with E-state index in [1.807, 2.05) is 12.1 Å². The third-order valence-corrected chi connectivity index (χ3v) is 6.71. The Morgan fingerprint density at radius 3 is 2.62 bits per heavy atom. The second-order valence-corrected chi connectivity index (χ2v) is 8.15. The number of ether oxygens (including phenoxy) is 1. The second kappa shape index (κ2) is 8.18. The van der Waals surface area contributed by atoms with Gasteiger partial charge in [-0.3, -0.25) is 4.79 Å². The zero-order valence-corrected chi connectivity index (χ0v) is 16.5. The van der Waals surface area contributed by atoms with Crippen LogP contribution in [-0.2, 0) is 11.2 Å². The topological polar surface area (TPSA) is 41.6 Å². The molecule has 4 rings (SSSR count). The predicted octanol–water partition coefficient (Wildman–Crippen LogP) is 3.29. The van der Waals surface area contributed by atoms with Gasteiger partial charge in [0.15, 0.2) is 0 Å². The van der Waals surface area contributed by atoms with Crippen LogP contribution in [0.2, 0.25) is 0 Å². The Morgan fingerprint density at radius 1 is 1.23 bits per heavy atom. The van der Waals surface area contributed by atoms with Crippen molar-refractivity contribution in [2.24, 2.45) is 17.3 Å². The number of hydrogen-bond donors (Lipinski definition) is 1. The van der Waals surface area contributed by atoms with Gasteiger partial charge in [-0.05, 0) is 74.6 Å². The van der Waals surface area contributed by atoms with Crippen molar-refractivity contribution in [2.45, 2.75) is 38.5 Å². The van der Waals surface area contributed by atoms with E-state index in [2.05, 4.69) is 22.3 Å². The van der Waals surface area contributed by atoms with Crippen molar-refractivity contribution in [2.75, 3.05) is 33.3 Å². The van der Waals surface area contributed by atoms with Gasteiger partial charge in [0, 0.05) is 19.0 Å². The molecule has 4 nitrogen and oxygen atoms in total. The molecule has 1 amide bonds. The van der Waals surface area contributed by atoms with Gasteiger partial charge in [0.2, 0.25) is 5.91 Å². The molecule has 2 saturated heterocycles. The van der Waals surface area contributed by atoms with Gasteiger partial charge in [-0.1, -0.05) is 18.2 Å². The summed E-state index contributed by atoms with van der Waals surface area (Å²) in [6.45, 7) is 4.04. The first-order valence-electron chi connectivity index (χ1n) is 9.83. The molecule has 3 aliphatic rings. The van der Waals surface area contributed by atoms with Crippen molar-refractivity contribution in [3.8, 4) is 5.75 Å². The number of rotatable bonds is 4. The first-order chi connectivity index (χ1) is 12.2. The molecule has 2 heterocycles. The van der Waals surface area contributed by atoms with E-state index in [0.717, 1.165) is 57.6 Å². The zero-order chi connectivity index (χ0) is 17.3. The lowest BCUT2D eigenvalue weighted by Crippen LogP contribution is -2.41. The van der Waals surface area contributed by atoms with Gasteiger partial charge in [0.25, 0.3) is 0 Å². The Kier molecular flexibility index (Phi) is 6.13. The summed E-state index contributed by atoms with van der Waals surface area (Å²) in [5.74, 6) is 2.41. The number of nitrogens with zero attached hydrogens (tertiary/aromatic N) is 1. The molecule has 1 spiro atoms. The molecule has 1 unspecified atom stereocenters. The van der Waals surface area contributed by atoms with Crippen LogP contribution in [0.25, 0.3) is 0 Å². The average Bonchev–Trinajstić information content (AvgIpc) is 3.35. The minimum atomic E-state index is 0. The van der Waals surface area contributed by atoms with Crippen molar-refractivity contribution in [1.29, 1.82) is 0 Å². The van der Waals surface area contributed by atoms with Gasteiger partial charge in [0.05, 0.1) is 7.11 Å². The largest absolute Gasteiger partial charge is 0.496 e. The van der Waals surface area contributed by atoms with Gasteiger partial charge in [-0.15, -0.1) is 12.4 Å². The van der Waals surface area contributed by atoms with Crippen molar-refractivity contribution >= 4 is 18.3 Å². The maximum absolute atomic E-state index is 12.9. The summed E-state index contributed by atoms with van der Waals surface area (Å²) in [5, 5.41) is 3.42. The second-order valence-electron chi connectivity index (χ2n) is 8.15. The molecule has 1 aromatic rings. The fourth-order valence-electron chi connectivity index (χ4n) is 4.93. The van der Waals surface area contributed by atoms with E-state index >= 15 is 0 Å². The molecule has 0 aromatic heterocycles. The van der Waals surface area contributed by atoms with E-state index in [0.29, 0.717) is 23.2 Å². The molecule has 0 bridgehead atoms. The number of benzene rings is 1. The van der Waals surface area contributed by atoms with Crippen LogP contribution in [0.3, 0.4) is 0 Å². The Labute approximate surface area is 163 Å². The van der Waals surface area contributed by atoms with Crippen LogP contribution in [0.15, 0.2) is 24.3 Å². The molecule has 2 aliphatic heterocycles. The van der Waals surface area contributed by atoms with Crippen LogP contribution in [0, 0.1) is 17.3 Å². The highest BCUT2D eigenvalue weighted by Crippen LogP contribution is 2.59. The van der Waals surface area contributed by atoms with Gasteiger partial charge in [-0.25, -0.2) is 0 Å². The molecule has 5 heteroatoms. The molecule has 1 saturated carbocycles. The number of nitrogens with one attached hydrogen (secondary N) is 1. The van der Waals surface area contributed by atoms with E-state index in [4.69, 9.17) is 4.74 Å². The molecule has 144 valence electrons. The fraction of sp³-hybridized carbons (Fsp3) is 0.667. The van der Waals surface area contributed by atoms with Crippen molar-refractivity contribution in [3.05, 3.63) is 29.8 Å². The molecule has 1 N–H and O–H groups in total. The van der Waals surface area contributed by atoms with E-state index < -0.39 is 0 Å². The van der Waals surface area contributed by atoms with Gasteiger partial charge >= 0.3 is 0 Å². The third kappa shape index (κ3) is 3.86. The summed E-state index contributed by atoms with van der Waals surface area (Å²) >= 11 is 0. The van der Waals surface area contributed by atoms with E-state index in [1.54, 1.807) is 7.11 Å². The highest BCUT2D eigenvalue weighted by molar-refractivity contribution is 5.85. The lowest BCUT2D eigenvalue weighted by atomic mass is 9.88. The minimum Gasteiger partial charge on any atom is -0.496 e. The lowest BCUT2D eigenvalue weighted by Gasteiger charge is -2.33. The Morgan fingerprint density at radius 2 is 1.92 bits per heavy atom. The van der Waals surface area contributed by atoms with E-state index in [1.165, 1.54) is 18.4 Å². The molecule has 26 heavy (non-hydrogen) atoms. The number of amides is 1. The summed E-state index contributed by atoms with van der Waals surface area (Å²) in [6.07, 6.45) is 6.80. The molecule has 0 radical (unpaired) electrons. The SMILES string of the molecule is COc1ccccc1CC1CCN(C(=O)C2CC23CCNCC3)CC1.Cl. The van der Waals surface area contributed by atoms with Gasteiger partial charge in [0.1, 0.15) is 5.75 Å². The Balaban J connectivity index is 0.00000196. The van der Waals surface area contributed by atoms with Crippen LogP contribution >= 0.6 is 12.4 Å². The first-order valence-corrected chi connectivity index (χ1v) is 9.83. The Hall–Kier alpha value is -1.26. The van der Waals surface area contributed by atoms with Crippen LogP contribution in [0.5, 0.6) is 5.75 Å². The molecule has 1 aromatic carbocycles. The molecular weight excluding hydrogens is 348 g/mol. The normalized spacial score (nSPS) is 24.8. The summed E-state index contributed by atoms with van der Waals surface area (Å²) in [4.78, 5) is 15.0. The number of carbonyl (C=O) groups excluding carboxylic acids is 1. The number of methoxy groups -OCH3 is 1. The summed E-state index contributed by atoms with van der Waals surface area (Å²) in [5.41, 5.74) is 1.65. The van der Waals surface area contributed by atoms with Crippen LogP contribution in [0.1, 0.15) is 37.7 Å². The van der Waals surface area contributed by atoms with Crippen molar-refractivity contribution in [1.82, 2.24) is 10.2 Å². The van der Waals surface area contributed by atoms with Crippen molar-refractivity contribution < 1.29 is 9.53 Å². The molecule has 3 fully saturated rings. The number of likely N-dealkylation sites (tertiary alicyclic amines) is 1. The maximum atomic E-state index is 12.9. The summed E-state index contributed by atoms with van der Waals surface area (Å²) in [7, 11) is 1.74. The molecule has 1 atom stereocenters. The number of carbonyl (C=O) groups is 1. The number of para-hydroxylation sites is 1. The highest BCUT2D eigenvalue weighted by Gasteiger charge is 2.58. The number of piperidine rings is 2. The van der Waals surface area contributed by atoms with Gasteiger partial charge in [-0.2, -0.15) is 0 Å². The monoisotopic (exact) mass is 378 g/mol. The van der Waals surface area contributed by atoms with Crippen LogP contribution in [0.4, 0.5) is 0 Å². The molecule has 1 aliphatic carbocycles. The highest BCUT2D eigenvalue weighted by atomic mass is 35.5.